The summed E-state index contributed by atoms with van der Waals surface area (Å²) < 4.78 is 28.3. The maximum atomic E-state index is 13.4. The molecule has 38 heavy (non-hydrogen) atoms. The molecule has 0 radical (unpaired) electrons. The molecule has 0 aliphatic carbocycles. The van der Waals surface area contributed by atoms with Gasteiger partial charge in [-0.05, 0) is 60.5 Å². The molecule has 10 heteroatoms. The van der Waals surface area contributed by atoms with Gasteiger partial charge in [0.25, 0.3) is 5.56 Å². The first kappa shape index (κ1) is 27.6. The molecule has 0 saturated heterocycles. The molecule has 4 aromatic rings. The smallest absolute Gasteiger partial charge is 0.266 e. The Bertz CT molecular complexity index is 1600. The Hall–Kier alpha value is -3.47. The van der Waals surface area contributed by atoms with Gasteiger partial charge in [0.1, 0.15) is 0 Å². The molecule has 0 atom stereocenters. The fourth-order valence-corrected chi connectivity index (χ4v) is 6.34. The summed E-state index contributed by atoms with van der Waals surface area (Å²) in [6.07, 6.45) is 0.884. The number of hydrogen-bond donors (Lipinski definition) is 1. The number of nitrogens with zero attached hydrogens (tertiary/aromatic N) is 3. The number of para-hydroxylation sites is 1. The van der Waals surface area contributed by atoms with Crippen molar-refractivity contribution in [2.24, 2.45) is 0 Å². The Balaban J connectivity index is 1.55. The molecular weight excluding hydrogens is 520 g/mol. The second-order valence-electron chi connectivity index (χ2n) is 8.52. The van der Waals surface area contributed by atoms with Gasteiger partial charge in [-0.1, -0.05) is 56.8 Å². The van der Waals surface area contributed by atoms with Crippen LogP contribution in [0.3, 0.4) is 0 Å². The molecule has 3 aromatic carbocycles. The molecule has 0 spiro atoms. The van der Waals surface area contributed by atoms with E-state index in [9.17, 15) is 18.0 Å². The topological polar surface area (TPSA) is 101 Å². The van der Waals surface area contributed by atoms with Crippen LogP contribution in [0.25, 0.3) is 16.6 Å². The number of fused-ring (bicyclic) bond motifs is 1. The number of aromatic nitrogens is 2. The van der Waals surface area contributed by atoms with Crippen molar-refractivity contribution in [3.8, 4) is 5.69 Å². The second kappa shape index (κ2) is 11.9. The van der Waals surface area contributed by atoms with Crippen LogP contribution in [0.4, 0.5) is 5.69 Å². The lowest BCUT2D eigenvalue weighted by atomic mass is 10.1. The van der Waals surface area contributed by atoms with E-state index in [1.807, 2.05) is 30.3 Å². The number of carbonyl (C=O) groups is 1. The lowest BCUT2D eigenvalue weighted by Gasteiger charge is -2.18. The van der Waals surface area contributed by atoms with Gasteiger partial charge >= 0.3 is 0 Å². The van der Waals surface area contributed by atoms with Crippen LogP contribution in [0.5, 0.6) is 0 Å². The summed E-state index contributed by atoms with van der Waals surface area (Å²) in [5.41, 5.74) is 2.67. The molecule has 0 bridgehead atoms. The molecule has 1 aromatic heterocycles. The van der Waals surface area contributed by atoms with Crippen LogP contribution in [-0.4, -0.2) is 47.0 Å². The summed E-state index contributed by atoms with van der Waals surface area (Å²) in [5.74, 6) is -0.290. The molecule has 4 rings (SSSR count). The highest BCUT2D eigenvalue weighted by molar-refractivity contribution is 7.99. The number of rotatable bonds is 10. The van der Waals surface area contributed by atoms with Crippen molar-refractivity contribution in [1.29, 1.82) is 0 Å². The van der Waals surface area contributed by atoms with Gasteiger partial charge in [0.05, 0.1) is 27.2 Å². The Morgan fingerprint density at radius 3 is 2.24 bits per heavy atom. The van der Waals surface area contributed by atoms with Crippen molar-refractivity contribution >= 4 is 44.3 Å². The molecule has 1 N–H and O–H groups in total. The van der Waals surface area contributed by atoms with Gasteiger partial charge in [-0.15, -0.1) is 0 Å². The standard InChI is InChI=1S/C28H30N4O4S2/c1-4-20-11-15-22(16-12-20)32-27(34)24-9-7-8-10-25(24)30-28(32)37-19-26(33)29-21-13-17-23(18-14-21)38(35,36)31(5-2)6-3/h7-18H,4-6,19H2,1-3H3,(H,29,33). The fourth-order valence-electron chi connectivity index (χ4n) is 4.07. The van der Waals surface area contributed by atoms with Crippen LogP contribution in [0.2, 0.25) is 0 Å². The van der Waals surface area contributed by atoms with Gasteiger partial charge < -0.3 is 5.32 Å². The monoisotopic (exact) mass is 550 g/mol. The van der Waals surface area contributed by atoms with Gasteiger partial charge in [-0.2, -0.15) is 4.31 Å². The number of benzene rings is 3. The van der Waals surface area contributed by atoms with Gasteiger partial charge in [0.2, 0.25) is 15.9 Å². The maximum Gasteiger partial charge on any atom is 0.266 e. The van der Waals surface area contributed by atoms with Crippen LogP contribution in [0.15, 0.2) is 87.6 Å². The number of thioether (sulfide) groups is 1. The van der Waals surface area contributed by atoms with E-state index in [1.54, 1.807) is 44.2 Å². The first-order valence-corrected chi connectivity index (χ1v) is 14.8. The van der Waals surface area contributed by atoms with Gasteiger partial charge in [0.15, 0.2) is 5.16 Å². The summed E-state index contributed by atoms with van der Waals surface area (Å²) >= 11 is 1.16. The zero-order valence-electron chi connectivity index (χ0n) is 21.5. The molecule has 198 valence electrons. The summed E-state index contributed by atoms with van der Waals surface area (Å²) in [7, 11) is -3.57. The van der Waals surface area contributed by atoms with E-state index in [2.05, 4.69) is 17.2 Å². The van der Waals surface area contributed by atoms with E-state index in [-0.39, 0.29) is 22.1 Å². The molecule has 1 heterocycles. The lowest BCUT2D eigenvalue weighted by Crippen LogP contribution is -2.30. The quantitative estimate of drug-likeness (QED) is 0.227. The Morgan fingerprint density at radius 2 is 1.61 bits per heavy atom. The van der Waals surface area contributed by atoms with Crippen molar-refractivity contribution in [2.75, 3.05) is 24.2 Å². The molecule has 0 aliphatic rings. The molecular formula is C28H30N4O4S2. The number of anilines is 1. The minimum absolute atomic E-state index is 0.0112. The number of sulfonamides is 1. The van der Waals surface area contributed by atoms with Crippen molar-refractivity contribution in [2.45, 2.75) is 37.2 Å². The highest BCUT2D eigenvalue weighted by Crippen LogP contribution is 2.23. The van der Waals surface area contributed by atoms with Gasteiger partial charge in [-0.25, -0.2) is 13.4 Å². The largest absolute Gasteiger partial charge is 0.325 e. The molecule has 0 aliphatic heterocycles. The van der Waals surface area contributed by atoms with Crippen LogP contribution >= 0.6 is 11.8 Å². The predicted octanol–water partition coefficient (Wildman–Crippen LogP) is 4.71. The summed E-state index contributed by atoms with van der Waals surface area (Å²) in [6, 6.07) is 21.0. The SMILES string of the molecule is CCc1ccc(-n2c(SCC(=O)Nc3ccc(S(=O)(=O)N(CC)CC)cc3)nc3ccccc3c2=O)cc1. The van der Waals surface area contributed by atoms with E-state index in [0.29, 0.717) is 40.5 Å². The van der Waals surface area contributed by atoms with E-state index >= 15 is 0 Å². The van der Waals surface area contributed by atoms with Crippen LogP contribution in [0.1, 0.15) is 26.3 Å². The number of carbonyl (C=O) groups excluding carboxylic acids is 1. The van der Waals surface area contributed by atoms with Crippen molar-refractivity contribution in [3.05, 3.63) is 88.7 Å². The molecule has 0 unspecified atom stereocenters. The van der Waals surface area contributed by atoms with Crippen LogP contribution in [-0.2, 0) is 21.2 Å². The van der Waals surface area contributed by atoms with Crippen LogP contribution < -0.4 is 10.9 Å². The maximum absolute atomic E-state index is 13.4. The Morgan fingerprint density at radius 1 is 0.947 bits per heavy atom. The summed E-state index contributed by atoms with van der Waals surface area (Å²) in [6.45, 7) is 6.40. The van der Waals surface area contributed by atoms with Gasteiger partial charge in [-0.3, -0.25) is 14.2 Å². The first-order valence-electron chi connectivity index (χ1n) is 12.4. The normalized spacial score (nSPS) is 11.7. The number of hydrogen-bond acceptors (Lipinski definition) is 6. The molecule has 0 fully saturated rings. The third-order valence-corrected chi connectivity index (χ3v) is 9.16. The third kappa shape index (κ3) is 5.82. The highest BCUT2D eigenvalue weighted by Gasteiger charge is 2.21. The Kier molecular flexibility index (Phi) is 8.65. The minimum Gasteiger partial charge on any atom is -0.325 e. The van der Waals surface area contributed by atoms with Crippen molar-refractivity contribution in [3.63, 3.8) is 0 Å². The highest BCUT2D eigenvalue weighted by atomic mass is 32.2. The van der Waals surface area contributed by atoms with E-state index in [0.717, 1.165) is 23.7 Å². The van der Waals surface area contributed by atoms with E-state index in [4.69, 9.17) is 0 Å². The van der Waals surface area contributed by atoms with Crippen LogP contribution in [0, 0.1) is 0 Å². The average molecular weight is 551 g/mol. The fraction of sp³-hybridized carbons (Fsp3) is 0.250. The number of nitrogens with one attached hydrogen (secondary N) is 1. The lowest BCUT2D eigenvalue weighted by molar-refractivity contribution is -0.113. The molecule has 1 amide bonds. The predicted molar refractivity (Wildman–Crippen MR) is 153 cm³/mol. The Labute approximate surface area is 226 Å². The van der Waals surface area contributed by atoms with Crippen molar-refractivity contribution in [1.82, 2.24) is 13.9 Å². The zero-order valence-corrected chi connectivity index (χ0v) is 23.2. The average Bonchev–Trinajstić information content (AvgIpc) is 2.93. The van der Waals surface area contributed by atoms with E-state index in [1.165, 1.54) is 21.0 Å². The second-order valence-corrected chi connectivity index (χ2v) is 11.4. The number of aryl methyl sites for hydroxylation is 1. The van der Waals surface area contributed by atoms with Gasteiger partial charge in [0, 0.05) is 18.8 Å². The molecule has 0 saturated carbocycles. The minimum atomic E-state index is -3.57. The first-order chi connectivity index (χ1) is 18.3. The molecule has 8 nitrogen and oxygen atoms in total. The third-order valence-electron chi connectivity index (χ3n) is 6.16. The van der Waals surface area contributed by atoms with Crippen molar-refractivity contribution < 1.29 is 13.2 Å². The summed E-state index contributed by atoms with van der Waals surface area (Å²) in [5, 5.41) is 3.70. The van der Waals surface area contributed by atoms with E-state index < -0.39 is 10.0 Å². The number of amides is 1. The summed E-state index contributed by atoms with van der Waals surface area (Å²) in [4.78, 5) is 31.0. The zero-order chi connectivity index (χ0) is 27.3.